The van der Waals surface area contributed by atoms with E-state index >= 15 is 0 Å². The largest absolute Gasteiger partial charge is 0.417 e. The van der Waals surface area contributed by atoms with E-state index < -0.39 is 0 Å². The van der Waals surface area contributed by atoms with Gasteiger partial charge in [0.2, 0.25) is 11.8 Å². The Morgan fingerprint density at radius 1 is 1.29 bits per heavy atom. The molecule has 0 aliphatic carbocycles. The molecule has 3 rings (SSSR count). The SMILES string of the molecule is Cc1nnc(C(=O)N2CC[C@@H](c3ccccc3)[C@@H](NC(=O)COC(C)C)C2)o1. The van der Waals surface area contributed by atoms with Crippen LogP contribution in [0.1, 0.15) is 48.3 Å². The van der Waals surface area contributed by atoms with Gasteiger partial charge in [0.05, 0.1) is 12.1 Å². The van der Waals surface area contributed by atoms with Gasteiger partial charge in [-0.3, -0.25) is 9.59 Å². The summed E-state index contributed by atoms with van der Waals surface area (Å²) < 4.78 is 10.7. The lowest BCUT2D eigenvalue weighted by Gasteiger charge is -2.38. The zero-order valence-electron chi connectivity index (χ0n) is 16.4. The van der Waals surface area contributed by atoms with E-state index in [1.165, 1.54) is 0 Å². The number of hydrogen-bond acceptors (Lipinski definition) is 6. The summed E-state index contributed by atoms with van der Waals surface area (Å²) in [6.45, 7) is 6.32. The third-order valence-electron chi connectivity index (χ3n) is 4.73. The second-order valence-corrected chi connectivity index (χ2v) is 7.22. The van der Waals surface area contributed by atoms with Crippen LogP contribution in [0.2, 0.25) is 0 Å². The van der Waals surface area contributed by atoms with Crippen molar-refractivity contribution in [1.82, 2.24) is 20.4 Å². The van der Waals surface area contributed by atoms with E-state index in [0.717, 1.165) is 12.0 Å². The molecule has 0 saturated carbocycles. The van der Waals surface area contributed by atoms with Crippen molar-refractivity contribution in [3.63, 3.8) is 0 Å². The molecule has 2 atom stereocenters. The van der Waals surface area contributed by atoms with Crippen LogP contribution in [0.15, 0.2) is 34.7 Å². The summed E-state index contributed by atoms with van der Waals surface area (Å²) in [5, 5.41) is 10.6. The first-order valence-corrected chi connectivity index (χ1v) is 9.49. The molecule has 1 aromatic carbocycles. The molecule has 1 aromatic heterocycles. The molecule has 1 aliphatic heterocycles. The molecule has 8 heteroatoms. The third-order valence-corrected chi connectivity index (χ3v) is 4.73. The average molecular weight is 386 g/mol. The zero-order valence-corrected chi connectivity index (χ0v) is 16.4. The Morgan fingerprint density at radius 3 is 2.68 bits per heavy atom. The van der Waals surface area contributed by atoms with Crippen LogP contribution in [0.4, 0.5) is 0 Å². The maximum absolute atomic E-state index is 12.7. The summed E-state index contributed by atoms with van der Waals surface area (Å²) in [6.07, 6.45) is 0.694. The number of hydrogen-bond donors (Lipinski definition) is 1. The topological polar surface area (TPSA) is 97.6 Å². The van der Waals surface area contributed by atoms with Crippen LogP contribution >= 0.6 is 0 Å². The van der Waals surface area contributed by atoms with E-state index in [9.17, 15) is 9.59 Å². The smallest absolute Gasteiger partial charge is 0.311 e. The molecule has 2 aromatic rings. The number of carbonyl (C=O) groups excluding carboxylic acids is 2. The molecule has 1 aliphatic rings. The quantitative estimate of drug-likeness (QED) is 0.815. The lowest BCUT2D eigenvalue weighted by Crippen LogP contribution is -2.53. The minimum absolute atomic E-state index is 0.00746. The lowest BCUT2D eigenvalue weighted by molar-refractivity contribution is -0.128. The Hall–Kier alpha value is -2.74. The summed E-state index contributed by atoms with van der Waals surface area (Å²) in [6, 6.07) is 9.79. The Labute approximate surface area is 164 Å². The van der Waals surface area contributed by atoms with Gasteiger partial charge in [0.15, 0.2) is 0 Å². The van der Waals surface area contributed by atoms with Gasteiger partial charge >= 0.3 is 11.8 Å². The van der Waals surface area contributed by atoms with Crippen LogP contribution in [0.5, 0.6) is 0 Å². The molecule has 1 saturated heterocycles. The highest BCUT2D eigenvalue weighted by Gasteiger charge is 2.35. The number of aryl methyl sites for hydroxylation is 1. The minimum atomic E-state index is -0.315. The average Bonchev–Trinajstić information content (AvgIpc) is 3.13. The highest BCUT2D eigenvalue weighted by atomic mass is 16.5. The summed E-state index contributed by atoms with van der Waals surface area (Å²) in [5.74, 6) is -0.0767. The van der Waals surface area contributed by atoms with Crippen LogP contribution < -0.4 is 5.32 Å². The first-order chi connectivity index (χ1) is 13.4. The van der Waals surface area contributed by atoms with Crippen molar-refractivity contribution in [2.45, 2.75) is 45.3 Å². The number of likely N-dealkylation sites (tertiary alicyclic amines) is 1. The second kappa shape index (κ2) is 8.97. The van der Waals surface area contributed by atoms with Crippen molar-refractivity contribution in [3.8, 4) is 0 Å². The monoisotopic (exact) mass is 386 g/mol. The van der Waals surface area contributed by atoms with E-state index in [4.69, 9.17) is 9.15 Å². The lowest BCUT2D eigenvalue weighted by atomic mass is 9.85. The van der Waals surface area contributed by atoms with Gasteiger partial charge in [-0.25, -0.2) is 0 Å². The molecular formula is C20H26N4O4. The molecule has 0 radical (unpaired) electrons. The van der Waals surface area contributed by atoms with Gasteiger partial charge in [0.25, 0.3) is 0 Å². The van der Waals surface area contributed by atoms with Gasteiger partial charge in [-0.05, 0) is 25.8 Å². The van der Waals surface area contributed by atoms with Gasteiger partial charge < -0.3 is 19.4 Å². The molecular weight excluding hydrogens is 360 g/mol. The van der Waals surface area contributed by atoms with Crippen LogP contribution in [0, 0.1) is 6.92 Å². The fourth-order valence-electron chi connectivity index (χ4n) is 3.39. The van der Waals surface area contributed by atoms with Crippen LogP contribution in [0.25, 0.3) is 0 Å². The minimum Gasteiger partial charge on any atom is -0.417 e. The van der Waals surface area contributed by atoms with Gasteiger partial charge in [-0.2, -0.15) is 0 Å². The predicted octanol–water partition coefficient (Wildman–Crippen LogP) is 1.92. The van der Waals surface area contributed by atoms with Crippen molar-refractivity contribution < 1.29 is 18.7 Å². The van der Waals surface area contributed by atoms with Gasteiger partial charge in [0, 0.05) is 25.9 Å². The number of carbonyl (C=O) groups is 2. The number of nitrogens with zero attached hydrogens (tertiary/aromatic N) is 3. The first-order valence-electron chi connectivity index (χ1n) is 9.49. The highest BCUT2D eigenvalue weighted by Crippen LogP contribution is 2.29. The number of ether oxygens (including phenoxy) is 1. The Morgan fingerprint density at radius 2 is 2.04 bits per heavy atom. The van der Waals surface area contributed by atoms with E-state index in [-0.39, 0.29) is 42.4 Å². The molecule has 0 unspecified atom stereocenters. The van der Waals surface area contributed by atoms with E-state index in [1.54, 1.807) is 11.8 Å². The molecule has 1 N–H and O–H groups in total. The maximum atomic E-state index is 12.7. The second-order valence-electron chi connectivity index (χ2n) is 7.22. The van der Waals surface area contributed by atoms with E-state index in [2.05, 4.69) is 15.5 Å². The Kier molecular flexibility index (Phi) is 6.41. The van der Waals surface area contributed by atoms with Crippen molar-refractivity contribution >= 4 is 11.8 Å². The summed E-state index contributed by atoms with van der Waals surface area (Å²) in [5.41, 5.74) is 1.14. The molecule has 2 amide bonds. The fraction of sp³-hybridized carbons (Fsp3) is 0.500. The first kappa shape index (κ1) is 20.0. The van der Waals surface area contributed by atoms with Crippen molar-refractivity contribution in [2.75, 3.05) is 19.7 Å². The zero-order chi connectivity index (χ0) is 20.1. The molecule has 0 bridgehead atoms. The molecule has 0 spiro atoms. The maximum Gasteiger partial charge on any atom is 0.311 e. The summed E-state index contributed by atoms with van der Waals surface area (Å²) in [7, 11) is 0. The van der Waals surface area contributed by atoms with Gasteiger partial charge in [0.1, 0.15) is 6.61 Å². The van der Waals surface area contributed by atoms with Gasteiger partial charge in [-0.15, -0.1) is 10.2 Å². The van der Waals surface area contributed by atoms with E-state index in [1.807, 2.05) is 44.2 Å². The number of rotatable bonds is 6. The van der Waals surface area contributed by atoms with Crippen LogP contribution in [-0.4, -0.2) is 58.8 Å². The van der Waals surface area contributed by atoms with Crippen LogP contribution in [-0.2, 0) is 9.53 Å². The summed E-state index contributed by atoms with van der Waals surface area (Å²) in [4.78, 5) is 26.7. The Balaban J connectivity index is 1.74. The molecule has 8 nitrogen and oxygen atoms in total. The molecule has 150 valence electrons. The van der Waals surface area contributed by atoms with Gasteiger partial charge in [-0.1, -0.05) is 30.3 Å². The van der Waals surface area contributed by atoms with Crippen molar-refractivity contribution in [3.05, 3.63) is 47.7 Å². The number of aromatic nitrogens is 2. The molecule has 28 heavy (non-hydrogen) atoms. The number of nitrogens with one attached hydrogen (secondary N) is 1. The fourth-order valence-corrected chi connectivity index (χ4v) is 3.39. The van der Waals surface area contributed by atoms with Crippen molar-refractivity contribution in [2.24, 2.45) is 0 Å². The number of amides is 2. The molecule has 1 fully saturated rings. The standard InChI is InChI=1S/C20H26N4O4/c1-13(2)27-12-18(25)21-17-11-24(20(26)19-23-22-14(3)28-19)10-9-16(17)15-7-5-4-6-8-15/h4-8,13,16-17H,9-12H2,1-3H3,(H,21,25)/t16-,17-/m0/s1. The molecule has 2 heterocycles. The van der Waals surface area contributed by atoms with Crippen LogP contribution in [0.3, 0.4) is 0 Å². The number of piperidine rings is 1. The Bertz CT molecular complexity index is 806. The predicted molar refractivity (Wildman–Crippen MR) is 102 cm³/mol. The highest BCUT2D eigenvalue weighted by molar-refractivity contribution is 5.89. The van der Waals surface area contributed by atoms with Crippen molar-refractivity contribution in [1.29, 1.82) is 0 Å². The summed E-state index contributed by atoms with van der Waals surface area (Å²) >= 11 is 0. The van der Waals surface area contributed by atoms with E-state index in [0.29, 0.717) is 19.0 Å². The third kappa shape index (κ3) is 4.95. The normalized spacial score (nSPS) is 19.6. The number of benzene rings is 1.